The highest BCUT2D eigenvalue weighted by Crippen LogP contribution is 2.59. The molecule has 1 aromatic carbocycles. The first kappa shape index (κ1) is 18.6. The molecule has 0 unspecified atom stereocenters. The van der Waals surface area contributed by atoms with Crippen molar-refractivity contribution in [1.82, 2.24) is 9.62 Å². The van der Waals surface area contributed by atoms with E-state index in [0.717, 1.165) is 10.9 Å². The summed E-state index contributed by atoms with van der Waals surface area (Å²) < 4.78 is 40.9. The van der Waals surface area contributed by atoms with E-state index in [-0.39, 0.29) is 22.1 Å². The lowest BCUT2D eigenvalue weighted by molar-refractivity contribution is -0.123. The lowest BCUT2D eigenvalue weighted by atomic mass is 10.0. The van der Waals surface area contributed by atoms with Gasteiger partial charge < -0.3 is 5.32 Å². The second-order valence-corrected chi connectivity index (χ2v) is 10.4. The summed E-state index contributed by atoms with van der Waals surface area (Å²) >= 11 is 1.59. The SMILES string of the molecule is Cc1ccc(S(=O)(=O)N2CC[C@@]3(C[C@@H]3C(=O)NCc3cccs3)C2)cc1F. The molecule has 144 valence electrons. The predicted molar refractivity (Wildman–Crippen MR) is 101 cm³/mol. The second kappa shape index (κ2) is 6.68. The normalized spacial score (nSPS) is 25.0. The van der Waals surface area contributed by atoms with Crippen LogP contribution >= 0.6 is 11.3 Å². The van der Waals surface area contributed by atoms with Gasteiger partial charge in [0.15, 0.2) is 0 Å². The topological polar surface area (TPSA) is 66.5 Å². The molecule has 2 heterocycles. The minimum atomic E-state index is -3.74. The number of amides is 1. The van der Waals surface area contributed by atoms with Crippen molar-refractivity contribution in [2.75, 3.05) is 13.1 Å². The molecule has 5 nitrogen and oxygen atoms in total. The molecule has 1 aliphatic heterocycles. The van der Waals surface area contributed by atoms with Crippen molar-refractivity contribution in [3.63, 3.8) is 0 Å². The molecule has 0 bridgehead atoms. The van der Waals surface area contributed by atoms with Crippen LogP contribution in [0.1, 0.15) is 23.3 Å². The van der Waals surface area contributed by atoms with Crippen molar-refractivity contribution in [2.24, 2.45) is 11.3 Å². The van der Waals surface area contributed by atoms with E-state index in [0.29, 0.717) is 38.0 Å². The molecule has 1 saturated heterocycles. The summed E-state index contributed by atoms with van der Waals surface area (Å²) in [6.45, 7) is 2.79. The minimum Gasteiger partial charge on any atom is -0.351 e. The Morgan fingerprint density at radius 2 is 2.22 bits per heavy atom. The number of thiophene rings is 1. The summed E-state index contributed by atoms with van der Waals surface area (Å²) in [5.41, 5.74) is 0.145. The van der Waals surface area contributed by atoms with E-state index in [9.17, 15) is 17.6 Å². The Morgan fingerprint density at radius 3 is 2.93 bits per heavy atom. The average Bonchev–Trinajstić information content (AvgIpc) is 2.99. The zero-order valence-electron chi connectivity index (χ0n) is 14.9. The van der Waals surface area contributed by atoms with Gasteiger partial charge in [-0.3, -0.25) is 4.79 Å². The zero-order valence-corrected chi connectivity index (χ0v) is 16.6. The van der Waals surface area contributed by atoms with E-state index >= 15 is 0 Å². The van der Waals surface area contributed by atoms with Gasteiger partial charge in [0.1, 0.15) is 5.82 Å². The van der Waals surface area contributed by atoms with Crippen LogP contribution in [0.2, 0.25) is 0 Å². The lowest BCUT2D eigenvalue weighted by Crippen LogP contribution is -2.31. The van der Waals surface area contributed by atoms with E-state index in [1.165, 1.54) is 16.4 Å². The third-order valence-corrected chi connectivity index (χ3v) is 8.37. The first-order chi connectivity index (χ1) is 12.8. The van der Waals surface area contributed by atoms with Crippen LogP contribution in [0.25, 0.3) is 0 Å². The highest BCUT2D eigenvalue weighted by Gasteiger charge is 2.62. The van der Waals surface area contributed by atoms with Crippen molar-refractivity contribution in [1.29, 1.82) is 0 Å². The molecule has 1 spiro atoms. The number of rotatable bonds is 5. The molecule has 27 heavy (non-hydrogen) atoms. The monoisotopic (exact) mass is 408 g/mol. The molecular weight excluding hydrogens is 387 g/mol. The average molecular weight is 409 g/mol. The van der Waals surface area contributed by atoms with Gasteiger partial charge in [-0.05, 0) is 54.3 Å². The maximum Gasteiger partial charge on any atom is 0.243 e. The Balaban J connectivity index is 1.41. The van der Waals surface area contributed by atoms with E-state index in [4.69, 9.17) is 0 Å². The number of carbonyl (C=O) groups is 1. The largest absolute Gasteiger partial charge is 0.351 e. The Labute approximate surface area is 162 Å². The highest BCUT2D eigenvalue weighted by molar-refractivity contribution is 7.89. The van der Waals surface area contributed by atoms with Gasteiger partial charge in [-0.15, -0.1) is 11.3 Å². The number of nitrogens with one attached hydrogen (secondary N) is 1. The Hall–Kier alpha value is -1.77. The van der Waals surface area contributed by atoms with Gasteiger partial charge >= 0.3 is 0 Å². The Bertz CT molecular complexity index is 975. The van der Waals surface area contributed by atoms with Gasteiger partial charge in [-0.2, -0.15) is 4.31 Å². The molecule has 8 heteroatoms. The number of hydrogen-bond donors (Lipinski definition) is 1. The molecule has 2 atom stereocenters. The second-order valence-electron chi connectivity index (χ2n) is 7.42. The summed E-state index contributed by atoms with van der Waals surface area (Å²) in [6.07, 6.45) is 1.37. The highest BCUT2D eigenvalue weighted by atomic mass is 32.2. The minimum absolute atomic E-state index is 0.0102. The summed E-state index contributed by atoms with van der Waals surface area (Å²) in [7, 11) is -3.74. The first-order valence-corrected chi connectivity index (χ1v) is 11.2. The van der Waals surface area contributed by atoms with Crippen LogP contribution in [0.3, 0.4) is 0 Å². The van der Waals surface area contributed by atoms with Crippen LogP contribution in [0, 0.1) is 24.1 Å². The van der Waals surface area contributed by atoms with Gasteiger partial charge in [0.05, 0.1) is 11.4 Å². The smallest absolute Gasteiger partial charge is 0.243 e. The van der Waals surface area contributed by atoms with E-state index in [2.05, 4.69) is 5.32 Å². The molecule has 1 amide bonds. The van der Waals surface area contributed by atoms with Gasteiger partial charge in [-0.25, -0.2) is 12.8 Å². The van der Waals surface area contributed by atoms with Gasteiger partial charge in [-0.1, -0.05) is 12.1 Å². The van der Waals surface area contributed by atoms with Crippen molar-refractivity contribution in [3.8, 4) is 0 Å². The fraction of sp³-hybridized carbons (Fsp3) is 0.421. The molecule has 1 aliphatic carbocycles. The Kier molecular flexibility index (Phi) is 4.60. The lowest BCUT2D eigenvalue weighted by Gasteiger charge is -2.17. The molecule has 0 radical (unpaired) electrons. The maximum absolute atomic E-state index is 13.8. The molecule has 1 N–H and O–H groups in total. The standard InChI is InChI=1S/C19H21FN2O3S2/c1-13-4-5-15(9-17(13)20)27(24,25)22-7-6-19(12-22)10-16(19)18(23)21-11-14-3-2-8-26-14/h2-5,8-9,16H,6-7,10-12H2,1H3,(H,21,23)/t16-,19-/m1/s1. The van der Waals surface area contributed by atoms with Gasteiger partial charge in [0, 0.05) is 23.9 Å². The molecule has 2 aromatic rings. The molecular formula is C19H21FN2O3S2. The maximum atomic E-state index is 13.8. The molecule has 4 rings (SSSR count). The molecule has 2 fully saturated rings. The molecule has 2 aliphatic rings. The summed E-state index contributed by atoms with van der Waals surface area (Å²) in [5, 5.41) is 4.92. The number of halogens is 1. The summed E-state index contributed by atoms with van der Waals surface area (Å²) in [4.78, 5) is 13.5. The van der Waals surface area contributed by atoms with Crippen LogP contribution < -0.4 is 5.32 Å². The summed E-state index contributed by atoms with van der Waals surface area (Å²) in [5.74, 6) is -0.682. The number of carbonyl (C=O) groups excluding carboxylic acids is 1. The van der Waals surface area contributed by atoms with Crippen LogP contribution in [0.5, 0.6) is 0 Å². The fourth-order valence-electron chi connectivity index (χ4n) is 3.82. The van der Waals surface area contributed by atoms with E-state index in [1.54, 1.807) is 18.3 Å². The van der Waals surface area contributed by atoms with Crippen molar-refractivity contribution >= 4 is 27.3 Å². The van der Waals surface area contributed by atoms with Crippen molar-refractivity contribution < 1.29 is 17.6 Å². The third kappa shape index (κ3) is 3.41. The number of aryl methyl sites for hydroxylation is 1. The number of benzene rings is 1. The van der Waals surface area contributed by atoms with E-state index < -0.39 is 15.8 Å². The predicted octanol–water partition coefficient (Wildman–Crippen LogP) is 2.91. The fourth-order valence-corrected chi connectivity index (χ4v) is 6.02. The first-order valence-electron chi connectivity index (χ1n) is 8.88. The quantitative estimate of drug-likeness (QED) is 0.827. The zero-order chi connectivity index (χ0) is 19.2. The van der Waals surface area contributed by atoms with Crippen LogP contribution in [-0.2, 0) is 21.4 Å². The molecule has 1 aromatic heterocycles. The van der Waals surface area contributed by atoms with Gasteiger partial charge in [0.25, 0.3) is 0 Å². The van der Waals surface area contributed by atoms with Crippen LogP contribution in [0.4, 0.5) is 4.39 Å². The summed E-state index contributed by atoms with van der Waals surface area (Å²) in [6, 6.07) is 7.91. The van der Waals surface area contributed by atoms with Crippen LogP contribution in [0.15, 0.2) is 40.6 Å². The van der Waals surface area contributed by atoms with Gasteiger partial charge in [0.2, 0.25) is 15.9 Å². The number of sulfonamides is 1. The van der Waals surface area contributed by atoms with Crippen LogP contribution in [-0.4, -0.2) is 31.7 Å². The van der Waals surface area contributed by atoms with Crippen molar-refractivity contribution in [2.45, 2.75) is 31.2 Å². The third-order valence-electron chi connectivity index (χ3n) is 5.65. The Morgan fingerprint density at radius 1 is 1.41 bits per heavy atom. The molecule has 1 saturated carbocycles. The van der Waals surface area contributed by atoms with Crippen molar-refractivity contribution in [3.05, 3.63) is 52.0 Å². The number of hydrogen-bond acceptors (Lipinski definition) is 4. The van der Waals surface area contributed by atoms with E-state index in [1.807, 2.05) is 17.5 Å². The number of nitrogens with zero attached hydrogens (tertiary/aromatic N) is 1.